The lowest BCUT2D eigenvalue weighted by atomic mass is 9.82. The van der Waals surface area contributed by atoms with E-state index in [1.54, 1.807) is 42.7 Å². The predicted octanol–water partition coefficient (Wildman–Crippen LogP) is 6.60. The second kappa shape index (κ2) is 22.9. The van der Waals surface area contributed by atoms with Crippen LogP contribution < -0.4 is 11.3 Å². The number of rotatable bonds is 28. The molecule has 224 valence electrons. The second-order valence-electron chi connectivity index (χ2n) is 10.4. The minimum absolute atomic E-state index is 0.0716. The summed E-state index contributed by atoms with van der Waals surface area (Å²) in [6.45, 7) is 2.27. The quantitative estimate of drug-likeness (QED) is 0.0474. The van der Waals surface area contributed by atoms with Gasteiger partial charge in [-0.3, -0.25) is 11.3 Å². The Morgan fingerprint density at radius 2 is 0.784 bits per heavy atom. The van der Waals surface area contributed by atoms with Gasteiger partial charge < -0.3 is 26.6 Å². The molecule has 8 nitrogen and oxygen atoms in total. The number of nitrogens with one attached hydrogen (secondary N) is 1. The van der Waals surface area contributed by atoms with Crippen molar-refractivity contribution >= 4 is 17.6 Å². The minimum Gasteiger partial charge on any atom is -0.377 e. The Morgan fingerprint density at radius 3 is 1.08 bits per heavy atom. The zero-order valence-electron chi connectivity index (χ0n) is 25.5. The Balaban J connectivity index is 4.45. The van der Waals surface area contributed by atoms with Crippen molar-refractivity contribution < 1.29 is 26.6 Å². The van der Waals surface area contributed by atoms with Gasteiger partial charge in [-0.2, -0.15) is 0 Å². The maximum Gasteiger partial charge on any atom is 0.500 e. The van der Waals surface area contributed by atoms with Crippen LogP contribution in [0.1, 0.15) is 116 Å². The highest BCUT2D eigenvalue weighted by Crippen LogP contribution is 2.29. The molecule has 0 amide bonds. The number of hydrogen-bond acceptors (Lipinski definition) is 8. The zero-order chi connectivity index (χ0) is 27.9. The third kappa shape index (κ3) is 15.5. The molecule has 0 atom stereocenters. The molecule has 0 aliphatic carbocycles. The van der Waals surface area contributed by atoms with Gasteiger partial charge in [-0.25, -0.2) is 0 Å². The molecule has 10 heteroatoms. The first-order valence-electron chi connectivity index (χ1n) is 14.7. The monoisotopic (exact) mass is 566 g/mol. The summed E-state index contributed by atoms with van der Waals surface area (Å²) in [6.07, 6.45) is 20.5. The van der Waals surface area contributed by atoms with Crippen LogP contribution in [0.25, 0.3) is 0 Å². The molecule has 37 heavy (non-hydrogen) atoms. The second-order valence-corrected chi connectivity index (χ2v) is 16.5. The summed E-state index contributed by atoms with van der Waals surface area (Å²) < 4.78 is 33.2. The van der Waals surface area contributed by atoms with E-state index in [1.165, 1.54) is 83.5 Å². The summed E-state index contributed by atoms with van der Waals surface area (Å²) in [7, 11) is 5.28. The Kier molecular flexibility index (Phi) is 23.0. The Labute approximate surface area is 231 Å². The highest BCUT2D eigenvalue weighted by Gasteiger charge is 2.37. The van der Waals surface area contributed by atoms with E-state index < -0.39 is 17.6 Å². The summed E-state index contributed by atoms with van der Waals surface area (Å²) in [6, 6.07) is 1.77. The Morgan fingerprint density at radius 1 is 0.486 bits per heavy atom. The smallest absolute Gasteiger partial charge is 0.377 e. The first kappa shape index (κ1) is 37.1. The van der Waals surface area contributed by atoms with Crippen molar-refractivity contribution in [2.45, 2.75) is 134 Å². The van der Waals surface area contributed by atoms with E-state index in [1.807, 2.05) is 0 Å². The van der Waals surface area contributed by atoms with E-state index in [0.717, 1.165) is 37.8 Å². The summed E-state index contributed by atoms with van der Waals surface area (Å²) in [5, 5.41) is 0. The minimum atomic E-state index is -2.43. The van der Waals surface area contributed by atoms with E-state index in [-0.39, 0.29) is 5.54 Å². The van der Waals surface area contributed by atoms with E-state index >= 15 is 0 Å². The first-order valence-corrected chi connectivity index (χ1v) is 18.6. The lowest BCUT2D eigenvalue weighted by molar-refractivity contribution is 0.122. The fraction of sp³-hybridized carbons (Fsp3) is 1.00. The first-order chi connectivity index (χ1) is 17.9. The van der Waals surface area contributed by atoms with E-state index in [0.29, 0.717) is 0 Å². The van der Waals surface area contributed by atoms with Crippen molar-refractivity contribution in [1.29, 1.82) is 0 Å². The van der Waals surface area contributed by atoms with Crippen LogP contribution >= 0.6 is 0 Å². The SMILES string of the molecule is CCCCCCC(CCCCCCC[Si](OC)(OC)OC)(CCCCCCC[Si](OC)(OC)OC)NN. The van der Waals surface area contributed by atoms with E-state index in [9.17, 15) is 0 Å². The van der Waals surface area contributed by atoms with Gasteiger partial charge in [-0.1, -0.05) is 84.0 Å². The van der Waals surface area contributed by atoms with Gasteiger partial charge in [0.25, 0.3) is 0 Å². The molecular formula is C27H62N2O6Si2. The van der Waals surface area contributed by atoms with E-state index in [2.05, 4.69) is 12.3 Å². The zero-order valence-corrected chi connectivity index (χ0v) is 27.5. The normalized spacial score (nSPS) is 13.0. The van der Waals surface area contributed by atoms with Crippen LogP contribution in [0.3, 0.4) is 0 Å². The van der Waals surface area contributed by atoms with Crippen LogP contribution in [-0.2, 0) is 26.6 Å². The fourth-order valence-electron chi connectivity index (χ4n) is 5.26. The van der Waals surface area contributed by atoms with Gasteiger partial charge in [0.15, 0.2) is 0 Å². The molecule has 0 bridgehead atoms. The standard InChI is InChI=1S/C27H62N2O6Si2/c1-8-9-10-17-22-27(29-28,23-18-13-11-15-20-25-36(30-2,31-3)32-4)24-19-14-12-16-21-26-37(33-5,34-6)35-7/h29H,8-26,28H2,1-7H3. The van der Waals surface area contributed by atoms with Gasteiger partial charge in [-0.05, 0) is 32.1 Å². The lowest BCUT2D eigenvalue weighted by Crippen LogP contribution is -2.49. The maximum absolute atomic E-state index is 6.21. The van der Waals surface area contributed by atoms with E-state index in [4.69, 9.17) is 32.4 Å². The average molecular weight is 567 g/mol. The third-order valence-electron chi connectivity index (χ3n) is 7.96. The van der Waals surface area contributed by atoms with Crippen LogP contribution in [-0.4, -0.2) is 65.8 Å². The van der Waals surface area contributed by atoms with Crippen LogP contribution in [0.15, 0.2) is 0 Å². The fourth-order valence-corrected chi connectivity index (χ4v) is 8.86. The molecule has 0 aromatic carbocycles. The molecule has 3 N–H and O–H groups in total. The van der Waals surface area contributed by atoms with Crippen molar-refractivity contribution in [3.05, 3.63) is 0 Å². The van der Waals surface area contributed by atoms with Gasteiger partial charge in [0.2, 0.25) is 0 Å². The molecule has 0 radical (unpaired) electrons. The van der Waals surface area contributed by atoms with Gasteiger partial charge >= 0.3 is 17.6 Å². The molecule has 0 unspecified atom stereocenters. The molecule has 0 heterocycles. The van der Waals surface area contributed by atoms with Gasteiger partial charge in [0.05, 0.1) is 0 Å². The van der Waals surface area contributed by atoms with Gasteiger partial charge in [-0.15, -0.1) is 0 Å². The summed E-state index contributed by atoms with van der Waals surface area (Å²) in [5.74, 6) is 6.21. The van der Waals surface area contributed by atoms with Crippen molar-refractivity contribution in [3.8, 4) is 0 Å². The van der Waals surface area contributed by atoms with Crippen LogP contribution in [0.5, 0.6) is 0 Å². The Hall–Kier alpha value is 0.114. The average Bonchev–Trinajstić information content (AvgIpc) is 2.94. The van der Waals surface area contributed by atoms with Crippen LogP contribution in [0.4, 0.5) is 0 Å². The molecule has 0 spiro atoms. The van der Waals surface area contributed by atoms with Crippen LogP contribution in [0.2, 0.25) is 12.1 Å². The molecule has 0 aliphatic heterocycles. The highest BCUT2D eigenvalue weighted by atomic mass is 28.4. The Bertz CT molecular complexity index is 461. The van der Waals surface area contributed by atoms with Crippen molar-refractivity contribution in [2.75, 3.05) is 42.7 Å². The van der Waals surface area contributed by atoms with Gasteiger partial charge in [0.1, 0.15) is 0 Å². The lowest BCUT2D eigenvalue weighted by Gasteiger charge is -2.34. The molecule has 0 fully saturated rings. The third-order valence-corrected chi connectivity index (χ3v) is 13.6. The van der Waals surface area contributed by atoms with Crippen LogP contribution in [0, 0.1) is 0 Å². The van der Waals surface area contributed by atoms with Crippen molar-refractivity contribution in [2.24, 2.45) is 5.84 Å². The molecule has 0 aromatic heterocycles. The molecular weight excluding hydrogens is 504 g/mol. The summed E-state index contributed by atoms with van der Waals surface area (Å²) in [4.78, 5) is 0. The largest absolute Gasteiger partial charge is 0.500 e. The molecule has 0 aliphatic rings. The topological polar surface area (TPSA) is 93.4 Å². The molecule has 0 rings (SSSR count). The highest BCUT2D eigenvalue weighted by molar-refractivity contribution is 6.60. The summed E-state index contributed by atoms with van der Waals surface area (Å²) in [5.41, 5.74) is 3.37. The number of nitrogens with two attached hydrogens (primary N) is 1. The number of hydrazine groups is 1. The van der Waals surface area contributed by atoms with Crippen molar-refractivity contribution in [3.63, 3.8) is 0 Å². The number of hydrogen-bond donors (Lipinski definition) is 2. The molecule has 0 saturated heterocycles. The molecule has 0 saturated carbocycles. The molecule has 0 aromatic rings. The van der Waals surface area contributed by atoms with Crippen molar-refractivity contribution in [1.82, 2.24) is 5.43 Å². The predicted molar refractivity (Wildman–Crippen MR) is 157 cm³/mol. The van der Waals surface area contributed by atoms with Gasteiger partial charge in [0, 0.05) is 60.3 Å². The summed E-state index contributed by atoms with van der Waals surface area (Å²) >= 11 is 0. The maximum atomic E-state index is 6.21. The number of unbranched alkanes of at least 4 members (excludes halogenated alkanes) is 11.